The largest absolute Gasteiger partial charge is 0.459 e. The van der Waals surface area contributed by atoms with Gasteiger partial charge in [-0.05, 0) is 18.4 Å². The number of sulfone groups is 1. The van der Waals surface area contributed by atoms with Crippen molar-refractivity contribution >= 4 is 34.1 Å². The van der Waals surface area contributed by atoms with Crippen LogP contribution in [0.3, 0.4) is 0 Å². The molecule has 0 spiro atoms. The third-order valence-corrected chi connectivity index (χ3v) is 6.52. The smallest absolute Gasteiger partial charge is 0.337 e. The number of benzene rings is 1. The molecular formula is C18H29ClN2O5S. The van der Waals surface area contributed by atoms with E-state index in [4.69, 9.17) is 16.2 Å². The second-order valence-electron chi connectivity index (χ2n) is 6.40. The SMILES string of the molecule is CCCC(CCC)S(=O)(=O)CC(N)(C(N)=O)C(=O)OCc1ccccc1.Cl. The molecule has 1 atom stereocenters. The van der Waals surface area contributed by atoms with E-state index in [2.05, 4.69) is 0 Å². The van der Waals surface area contributed by atoms with E-state index in [-0.39, 0.29) is 19.0 Å². The zero-order valence-electron chi connectivity index (χ0n) is 15.7. The lowest BCUT2D eigenvalue weighted by molar-refractivity contribution is -0.153. The molecule has 0 bridgehead atoms. The van der Waals surface area contributed by atoms with Crippen molar-refractivity contribution in [2.24, 2.45) is 11.5 Å². The Morgan fingerprint density at radius 1 is 1.11 bits per heavy atom. The van der Waals surface area contributed by atoms with Gasteiger partial charge in [0.25, 0.3) is 0 Å². The Morgan fingerprint density at radius 3 is 2.07 bits per heavy atom. The molecule has 0 radical (unpaired) electrons. The molecule has 1 rings (SSSR count). The van der Waals surface area contributed by atoms with E-state index in [1.54, 1.807) is 30.3 Å². The highest BCUT2D eigenvalue weighted by atomic mass is 35.5. The molecule has 0 saturated heterocycles. The quantitative estimate of drug-likeness (QED) is 0.414. The van der Waals surface area contributed by atoms with E-state index in [0.717, 1.165) is 0 Å². The third-order valence-electron chi connectivity index (χ3n) is 4.17. The van der Waals surface area contributed by atoms with Crippen molar-refractivity contribution in [1.29, 1.82) is 0 Å². The zero-order valence-corrected chi connectivity index (χ0v) is 17.4. The summed E-state index contributed by atoms with van der Waals surface area (Å²) in [5.74, 6) is -3.21. The van der Waals surface area contributed by atoms with Crippen LogP contribution < -0.4 is 11.5 Å². The lowest BCUT2D eigenvalue weighted by Crippen LogP contribution is -2.63. The Kier molecular flexibility index (Phi) is 10.6. The summed E-state index contributed by atoms with van der Waals surface area (Å²) < 4.78 is 30.5. The fourth-order valence-electron chi connectivity index (χ4n) is 2.67. The lowest BCUT2D eigenvalue weighted by Gasteiger charge is -2.26. The van der Waals surface area contributed by atoms with Gasteiger partial charge in [-0.25, -0.2) is 13.2 Å². The number of primary amides is 1. The normalized spacial score (nSPS) is 13.5. The van der Waals surface area contributed by atoms with E-state index >= 15 is 0 Å². The fourth-order valence-corrected chi connectivity index (χ4v) is 4.99. The van der Waals surface area contributed by atoms with Gasteiger partial charge >= 0.3 is 5.97 Å². The van der Waals surface area contributed by atoms with Crippen molar-refractivity contribution in [1.82, 2.24) is 0 Å². The van der Waals surface area contributed by atoms with Gasteiger partial charge in [-0.15, -0.1) is 12.4 Å². The standard InChI is InChI=1S/C18H28N2O5S.ClH/c1-3-8-15(9-4-2)26(23,24)13-18(20,16(19)21)17(22)25-12-14-10-6-5-7-11-14;/h5-7,10-11,15H,3-4,8-9,12-13,20H2,1-2H3,(H2,19,21);1H. The Hall–Kier alpha value is -1.64. The molecule has 0 aliphatic heterocycles. The van der Waals surface area contributed by atoms with Crippen LogP contribution in [0, 0.1) is 0 Å². The maximum Gasteiger partial charge on any atom is 0.337 e. The van der Waals surface area contributed by atoms with Crippen molar-refractivity contribution in [3.8, 4) is 0 Å². The van der Waals surface area contributed by atoms with Gasteiger partial charge in [0.2, 0.25) is 11.4 Å². The first-order chi connectivity index (χ1) is 12.2. The minimum Gasteiger partial charge on any atom is -0.459 e. The average molecular weight is 421 g/mol. The monoisotopic (exact) mass is 420 g/mol. The molecule has 0 saturated carbocycles. The number of carbonyl (C=O) groups is 2. The Labute approximate surface area is 167 Å². The second-order valence-corrected chi connectivity index (χ2v) is 8.68. The number of ether oxygens (including phenoxy) is 1. The van der Waals surface area contributed by atoms with Crippen molar-refractivity contribution in [2.45, 2.75) is 56.9 Å². The van der Waals surface area contributed by atoms with Crippen molar-refractivity contribution < 1.29 is 22.7 Å². The summed E-state index contributed by atoms with van der Waals surface area (Å²) >= 11 is 0. The maximum atomic E-state index is 12.7. The predicted molar refractivity (Wildman–Crippen MR) is 107 cm³/mol. The van der Waals surface area contributed by atoms with Gasteiger partial charge in [-0.1, -0.05) is 57.0 Å². The molecule has 7 nitrogen and oxygen atoms in total. The maximum absolute atomic E-state index is 12.7. The topological polar surface area (TPSA) is 130 Å². The first kappa shape index (κ1) is 25.4. The molecule has 27 heavy (non-hydrogen) atoms. The molecule has 1 unspecified atom stereocenters. The molecule has 0 fully saturated rings. The van der Waals surface area contributed by atoms with Crippen molar-refractivity contribution in [2.75, 3.05) is 5.75 Å². The molecule has 0 aliphatic rings. The zero-order chi connectivity index (χ0) is 19.8. The summed E-state index contributed by atoms with van der Waals surface area (Å²) in [5.41, 5.74) is 9.38. The summed E-state index contributed by atoms with van der Waals surface area (Å²) in [6.07, 6.45) is 2.20. The van der Waals surface area contributed by atoms with Crippen molar-refractivity contribution in [3.63, 3.8) is 0 Å². The molecule has 154 valence electrons. The van der Waals surface area contributed by atoms with Gasteiger partial charge in [-0.3, -0.25) is 4.79 Å². The number of nitrogens with two attached hydrogens (primary N) is 2. The van der Waals surface area contributed by atoms with E-state index in [9.17, 15) is 18.0 Å². The van der Waals surface area contributed by atoms with Crippen LogP contribution in [0.1, 0.15) is 45.1 Å². The van der Waals surface area contributed by atoms with Gasteiger partial charge in [-0.2, -0.15) is 0 Å². The number of esters is 1. The Balaban J connectivity index is 0.00000676. The second kappa shape index (κ2) is 11.3. The number of carbonyl (C=O) groups excluding carboxylic acids is 2. The van der Waals surface area contributed by atoms with E-state index in [0.29, 0.717) is 31.2 Å². The molecule has 1 amide bonds. The van der Waals surface area contributed by atoms with Gasteiger partial charge in [0.1, 0.15) is 6.61 Å². The minimum absolute atomic E-state index is 0. The molecule has 0 aliphatic carbocycles. The Morgan fingerprint density at radius 2 is 1.63 bits per heavy atom. The molecule has 1 aromatic rings. The minimum atomic E-state index is -3.80. The first-order valence-electron chi connectivity index (χ1n) is 8.68. The van der Waals surface area contributed by atoms with Gasteiger partial charge < -0.3 is 16.2 Å². The van der Waals surface area contributed by atoms with Crippen LogP contribution in [-0.2, 0) is 30.8 Å². The molecule has 1 aromatic carbocycles. The number of hydrogen-bond acceptors (Lipinski definition) is 6. The number of rotatable bonds is 11. The summed E-state index contributed by atoms with van der Waals surface area (Å²) in [4.78, 5) is 24.2. The van der Waals surface area contributed by atoms with Crippen LogP contribution >= 0.6 is 12.4 Å². The van der Waals surface area contributed by atoms with Crippen LogP contribution in [0.5, 0.6) is 0 Å². The fraction of sp³-hybridized carbons (Fsp3) is 0.556. The number of amides is 1. The van der Waals surface area contributed by atoms with Crippen LogP contribution in [-0.4, -0.2) is 36.8 Å². The summed E-state index contributed by atoms with van der Waals surface area (Å²) in [6, 6.07) is 8.78. The highest BCUT2D eigenvalue weighted by molar-refractivity contribution is 7.92. The third kappa shape index (κ3) is 7.12. The van der Waals surface area contributed by atoms with Crippen LogP contribution in [0.4, 0.5) is 0 Å². The summed E-state index contributed by atoms with van der Waals surface area (Å²) in [5, 5.41) is -0.665. The van der Waals surface area contributed by atoms with Crippen molar-refractivity contribution in [3.05, 3.63) is 35.9 Å². The van der Waals surface area contributed by atoms with Crippen LogP contribution in [0.25, 0.3) is 0 Å². The van der Waals surface area contributed by atoms with Crippen LogP contribution in [0.2, 0.25) is 0 Å². The van der Waals surface area contributed by atoms with Crippen LogP contribution in [0.15, 0.2) is 30.3 Å². The predicted octanol–water partition coefficient (Wildman–Crippen LogP) is 1.72. The highest BCUT2D eigenvalue weighted by Crippen LogP contribution is 2.20. The van der Waals surface area contributed by atoms with Gasteiger partial charge in [0, 0.05) is 0 Å². The van der Waals surface area contributed by atoms with Gasteiger partial charge in [0.15, 0.2) is 9.84 Å². The van der Waals surface area contributed by atoms with E-state index in [1.165, 1.54) is 0 Å². The van der Waals surface area contributed by atoms with E-state index < -0.39 is 38.3 Å². The molecule has 9 heteroatoms. The number of hydrogen-bond donors (Lipinski definition) is 2. The van der Waals surface area contributed by atoms with E-state index in [1.807, 2.05) is 13.8 Å². The summed E-state index contributed by atoms with van der Waals surface area (Å²) in [7, 11) is -3.80. The first-order valence-corrected chi connectivity index (χ1v) is 10.4. The highest BCUT2D eigenvalue weighted by Gasteiger charge is 2.47. The summed E-state index contributed by atoms with van der Waals surface area (Å²) in [6.45, 7) is 3.62. The number of halogens is 1. The average Bonchev–Trinajstić information content (AvgIpc) is 2.59. The molecule has 0 heterocycles. The lowest BCUT2D eigenvalue weighted by atomic mass is 10.0. The molecule has 0 aromatic heterocycles. The Bertz CT molecular complexity index is 706. The molecule has 4 N–H and O–H groups in total. The van der Waals surface area contributed by atoms with Gasteiger partial charge in [0.05, 0.1) is 11.0 Å². The molecular weight excluding hydrogens is 392 g/mol.